The van der Waals surface area contributed by atoms with Gasteiger partial charge >= 0.3 is 0 Å². The Morgan fingerprint density at radius 1 is 1.40 bits per heavy atom. The first kappa shape index (κ1) is 15.0. The number of carbonyl (C=O) groups is 1. The second-order valence-corrected chi connectivity index (χ2v) is 5.40. The van der Waals surface area contributed by atoms with Crippen molar-refractivity contribution >= 4 is 5.91 Å². The summed E-state index contributed by atoms with van der Waals surface area (Å²) in [6, 6.07) is 6.93. The Labute approximate surface area is 120 Å². The van der Waals surface area contributed by atoms with E-state index in [1.54, 1.807) is 11.0 Å². The first-order valence-electron chi connectivity index (χ1n) is 7.44. The number of rotatable bonds is 6. The van der Waals surface area contributed by atoms with Gasteiger partial charge in [0.15, 0.2) is 0 Å². The smallest absolute Gasteiger partial charge is 0.236 e. The van der Waals surface area contributed by atoms with Crippen LogP contribution in [0.15, 0.2) is 24.3 Å². The van der Waals surface area contributed by atoms with Gasteiger partial charge in [0.25, 0.3) is 0 Å². The van der Waals surface area contributed by atoms with E-state index in [1.165, 1.54) is 37.8 Å². The summed E-state index contributed by atoms with van der Waals surface area (Å²) in [6.07, 6.45) is 4.85. The lowest BCUT2D eigenvalue weighted by molar-refractivity contribution is -0.130. The highest BCUT2D eigenvalue weighted by Crippen LogP contribution is 2.17. The Kier molecular flexibility index (Phi) is 5.53. The highest BCUT2D eigenvalue weighted by Gasteiger charge is 2.17. The molecule has 1 aliphatic carbocycles. The van der Waals surface area contributed by atoms with Crippen LogP contribution in [0.2, 0.25) is 0 Å². The monoisotopic (exact) mass is 278 g/mol. The molecule has 1 saturated carbocycles. The van der Waals surface area contributed by atoms with Crippen molar-refractivity contribution in [2.75, 3.05) is 13.1 Å². The second-order valence-electron chi connectivity index (χ2n) is 5.40. The average molecular weight is 278 g/mol. The van der Waals surface area contributed by atoms with Gasteiger partial charge in [0.2, 0.25) is 5.91 Å². The number of hydrogen-bond acceptors (Lipinski definition) is 2. The van der Waals surface area contributed by atoms with Crippen LogP contribution in [0.1, 0.15) is 38.2 Å². The minimum atomic E-state index is -0.255. The van der Waals surface area contributed by atoms with Crippen molar-refractivity contribution in [3.63, 3.8) is 0 Å². The quantitative estimate of drug-likeness (QED) is 0.867. The Morgan fingerprint density at radius 2 is 2.15 bits per heavy atom. The first-order chi connectivity index (χ1) is 9.69. The summed E-state index contributed by atoms with van der Waals surface area (Å²) < 4.78 is 13.2. The number of carbonyl (C=O) groups excluding carboxylic acids is 1. The van der Waals surface area contributed by atoms with Gasteiger partial charge in [0.05, 0.1) is 6.54 Å². The molecule has 1 aliphatic rings. The molecule has 1 aromatic rings. The van der Waals surface area contributed by atoms with E-state index in [4.69, 9.17) is 0 Å². The molecule has 0 aromatic heterocycles. The van der Waals surface area contributed by atoms with E-state index in [0.717, 1.165) is 5.56 Å². The van der Waals surface area contributed by atoms with Crippen LogP contribution in [-0.4, -0.2) is 29.9 Å². The summed E-state index contributed by atoms with van der Waals surface area (Å²) in [5, 5.41) is 3.33. The Bertz CT molecular complexity index is 444. The van der Waals surface area contributed by atoms with Gasteiger partial charge in [-0.2, -0.15) is 0 Å². The highest BCUT2D eigenvalue weighted by atomic mass is 19.1. The lowest BCUT2D eigenvalue weighted by atomic mass is 10.2. The van der Waals surface area contributed by atoms with Crippen LogP contribution in [0.4, 0.5) is 4.39 Å². The molecule has 0 bridgehead atoms. The molecular formula is C16H23FN2O. The fraction of sp³-hybridized carbons (Fsp3) is 0.562. The summed E-state index contributed by atoms with van der Waals surface area (Å²) >= 11 is 0. The molecule has 4 heteroatoms. The van der Waals surface area contributed by atoms with E-state index in [-0.39, 0.29) is 11.7 Å². The average Bonchev–Trinajstić information content (AvgIpc) is 2.95. The van der Waals surface area contributed by atoms with Crippen molar-refractivity contribution in [2.45, 2.75) is 45.2 Å². The van der Waals surface area contributed by atoms with Crippen molar-refractivity contribution in [1.29, 1.82) is 0 Å². The van der Waals surface area contributed by atoms with Crippen molar-refractivity contribution in [3.05, 3.63) is 35.6 Å². The minimum Gasteiger partial charge on any atom is -0.338 e. The fourth-order valence-electron chi connectivity index (χ4n) is 2.71. The van der Waals surface area contributed by atoms with Crippen LogP contribution in [0.3, 0.4) is 0 Å². The van der Waals surface area contributed by atoms with Crippen LogP contribution in [0.5, 0.6) is 0 Å². The molecule has 20 heavy (non-hydrogen) atoms. The van der Waals surface area contributed by atoms with Crippen molar-refractivity contribution in [3.8, 4) is 0 Å². The van der Waals surface area contributed by atoms with Crippen molar-refractivity contribution in [1.82, 2.24) is 10.2 Å². The molecule has 0 atom stereocenters. The minimum absolute atomic E-state index is 0.0867. The first-order valence-corrected chi connectivity index (χ1v) is 7.44. The van der Waals surface area contributed by atoms with E-state index >= 15 is 0 Å². The predicted octanol–water partition coefficient (Wildman–Crippen LogP) is 2.71. The molecule has 0 radical (unpaired) electrons. The molecule has 1 N–H and O–H groups in total. The normalized spacial score (nSPS) is 15.5. The van der Waals surface area contributed by atoms with Gasteiger partial charge in [-0.3, -0.25) is 4.79 Å². The number of likely N-dealkylation sites (N-methyl/N-ethyl adjacent to an activating group) is 1. The fourth-order valence-corrected chi connectivity index (χ4v) is 2.71. The number of nitrogens with one attached hydrogen (secondary N) is 1. The summed E-state index contributed by atoms with van der Waals surface area (Å²) in [5.41, 5.74) is 0.834. The van der Waals surface area contributed by atoms with E-state index in [0.29, 0.717) is 25.7 Å². The number of halogens is 1. The van der Waals surface area contributed by atoms with Gasteiger partial charge in [-0.05, 0) is 37.5 Å². The van der Waals surface area contributed by atoms with Crippen LogP contribution < -0.4 is 5.32 Å². The number of amides is 1. The van der Waals surface area contributed by atoms with Gasteiger partial charge in [0.1, 0.15) is 5.82 Å². The number of nitrogens with zero attached hydrogens (tertiary/aromatic N) is 1. The molecule has 0 spiro atoms. The Hall–Kier alpha value is -1.42. The molecule has 110 valence electrons. The molecule has 0 saturated heterocycles. The molecule has 1 amide bonds. The predicted molar refractivity (Wildman–Crippen MR) is 77.7 cm³/mol. The molecule has 1 fully saturated rings. The lowest BCUT2D eigenvalue weighted by Crippen LogP contribution is -2.40. The largest absolute Gasteiger partial charge is 0.338 e. The number of hydrogen-bond donors (Lipinski definition) is 1. The third-order valence-corrected chi connectivity index (χ3v) is 3.89. The van der Waals surface area contributed by atoms with Crippen LogP contribution in [-0.2, 0) is 11.3 Å². The van der Waals surface area contributed by atoms with Crippen LogP contribution in [0.25, 0.3) is 0 Å². The van der Waals surface area contributed by atoms with Crippen molar-refractivity contribution in [2.24, 2.45) is 0 Å². The van der Waals surface area contributed by atoms with Gasteiger partial charge in [0, 0.05) is 19.1 Å². The molecule has 0 heterocycles. The lowest BCUT2D eigenvalue weighted by Gasteiger charge is -2.22. The molecule has 0 aliphatic heterocycles. The zero-order chi connectivity index (χ0) is 14.4. The molecular weight excluding hydrogens is 255 g/mol. The van der Waals surface area contributed by atoms with E-state index in [1.807, 2.05) is 13.0 Å². The second kappa shape index (κ2) is 7.39. The standard InChI is InChI=1S/C16H23FN2O/c1-2-19(12-13-6-5-7-14(17)10-13)16(20)11-18-15-8-3-4-9-15/h5-7,10,15,18H,2-4,8-9,11-12H2,1H3. The van der Waals surface area contributed by atoms with Gasteiger partial charge in [-0.25, -0.2) is 4.39 Å². The van der Waals surface area contributed by atoms with Gasteiger partial charge in [-0.15, -0.1) is 0 Å². The summed E-state index contributed by atoms with van der Waals surface area (Å²) in [4.78, 5) is 14.0. The molecule has 0 unspecified atom stereocenters. The molecule has 2 rings (SSSR count). The van der Waals surface area contributed by atoms with E-state index in [2.05, 4.69) is 5.32 Å². The number of benzene rings is 1. The molecule has 1 aromatic carbocycles. The summed E-state index contributed by atoms with van der Waals surface area (Å²) in [7, 11) is 0. The van der Waals surface area contributed by atoms with E-state index in [9.17, 15) is 9.18 Å². The van der Waals surface area contributed by atoms with Crippen LogP contribution in [0, 0.1) is 5.82 Å². The van der Waals surface area contributed by atoms with E-state index < -0.39 is 0 Å². The SMILES string of the molecule is CCN(Cc1cccc(F)c1)C(=O)CNC1CCCC1. The third-order valence-electron chi connectivity index (χ3n) is 3.89. The maximum Gasteiger partial charge on any atom is 0.236 e. The van der Waals surface area contributed by atoms with Gasteiger partial charge < -0.3 is 10.2 Å². The van der Waals surface area contributed by atoms with Gasteiger partial charge in [-0.1, -0.05) is 25.0 Å². The maximum absolute atomic E-state index is 13.2. The zero-order valence-electron chi connectivity index (χ0n) is 12.1. The Balaban J connectivity index is 1.85. The topological polar surface area (TPSA) is 32.3 Å². The maximum atomic E-state index is 13.2. The summed E-state index contributed by atoms with van der Waals surface area (Å²) in [6.45, 7) is 3.45. The van der Waals surface area contributed by atoms with Crippen LogP contribution >= 0.6 is 0 Å². The highest BCUT2D eigenvalue weighted by molar-refractivity contribution is 5.78. The van der Waals surface area contributed by atoms with Crippen molar-refractivity contribution < 1.29 is 9.18 Å². The Morgan fingerprint density at radius 3 is 2.80 bits per heavy atom. The zero-order valence-corrected chi connectivity index (χ0v) is 12.1. The summed E-state index contributed by atoms with van der Waals surface area (Å²) in [5.74, 6) is -0.168. The third kappa shape index (κ3) is 4.30. The molecule has 3 nitrogen and oxygen atoms in total.